The number of aromatic nitrogens is 1. The smallest absolute Gasteiger partial charge is 0.303 e. The van der Waals surface area contributed by atoms with E-state index in [1.54, 1.807) is 6.20 Å². The first-order valence-electron chi connectivity index (χ1n) is 5.50. The van der Waals surface area contributed by atoms with Gasteiger partial charge >= 0.3 is 5.97 Å². The minimum absolute atomic E-state index is 0.0735. The number of aliphatic carboxylic acids is 1. The van der Waals surface area contributed by atoms with Gasteiger partial charge in [-0.2, -0.15) is 0 Å². The Kier molecular flexibility index (Phi) is 3.21. The van der Waals surface area contributed by atoms with Crippen LogP contribution >= 0.6 is 0 Å². The van der Waals surface area contributed by atoms with Crippen LogP contribution < -0.4 is 0 Å². The number of nitrogens with one attached hydrogen (secondary N) is 1. The molecule has 0 bridgehead atoms. The average molecular weight is 258 g/mol. The fourth-order valence-electron chi connectivity index (χ4n) is 2.01. The van der Waals surface area contributed by atoms with Crippen molar-refractivity contribution in [3.05, 3.63) is 39.6 Å². The van der Waals surface area contributed by atoms with E-state index in [9.17, 15) is 14.9 Å². The molecular formula is C13H10N2O4. The van der Waals surface area contributed by atoms with E-state index in [2.05, 4.69) is 10.9 Å². The number of rotatable bonds is 4. The molecule has 2 N–H and O–H groups in total. The van der Waals surface area contributed by atoms with Crippen molar-refractivity contribution in [3.8, 4) is 12.3 Å². The molecule has 2 rings (SSSR count). The summed E-state index contributed by atoms with van der Waals surface area (Å²) in [6, 6.07) is 2.84. The molecule has 6 nitrogen and oxygen atoms in total. The number of hydrogen-bond donors (Lipinski definition) is 2. The summed E-state index contributed by atoms with van der Waals surface area (Å²) in [7, 11) is 0. The van der Waals surface area contributed by atoms with Crippen LogP contribution in [0.15, 0.2) is 18.3 Å². The van der Waals surface area contributed by atoms with Gasteiger partial charge in [0.25, 0.3) is 5.69 Å². The van der Waals surface area contributed by atoms with E-state index < -0.39 is 10.9 Å². The molecule has 0 aliphatic heterocycles. The lowest BCUT2D eigenvalue weighted by Crippen LogP contribution is -1.98. The molecular weight excluding hydrogens is 248 g/mol. The first kappa shape index (κ1) is 12.6. The van der Waals surface area contributed by atoms with E-state index in [1.807, 2.05) is 0 Å². The third-order valence-electron chi connectivity index (χ3n) is 2.86. The number of benzene rings is 1. The molecule has 0 fully saturated rings. The quantitative estimate of drug-likeness (QED) is 0.498. The Morgan fingerprint density at radius 1 is 1.53 bits per heavy atom. The molecule has 6 heteroatoms. The maximum Gasteiger partial charge on any atom is 0.303 e. The maximum absolute atomic E-state index is 11.0. The van der Waals surface area contributed by atoms with Gasteiger partial charge in [-0.3, -0.25) is 14.9 Å². The summed E-state index contributed by atoms with van der Waals surface area (Å²) in [5.74, 6) is 1.49. The number of nitro groups is 1. The number of carboxylic acids is 1. The number of nitro benzene ring substituents is 1. The van der Waals surface area contributed by atoms with Gasteiger partial charge in [-0.15, -0.1) is 6.42 Å². The van der Waals surface area contributed by atoms with E-state index in [0.717, 1.165) is 0 Å². The summed E-state index contributed by atoms with van der Waals surface area (Å²) in [6.07, 6.45) is 7.03. The Balaban J connectivity index is 2.63. The van der Waals surface area contributed by atoms with Gasteiger partial charge in [0.15, 0.2) is 0 Å². The molecule has 0 saturated carbocycles. The lowest BCUT2D eigenvalue weighted by atomic mass is 10.0. The molecule has 0 aliphatic carbocycles. The Morgan fingerprint density at radius 3 is 2.84 bits per heavy atom. The number of carboxylic acid groups (broad SMARTS) is 1. The molecule has 1 aromatic carbocycles. The number of non-ortho nitro benzene ring substituents is 1. The third-order valence-corrected chi connectivity index (χ3v) is 2.86. The fraction of sp³-hybridized carbons (Fsp3) is 0.154. The SMILES string of the molecule is C#Cc1ccc([N+](=O)[O-])c2c(CCC(=O)O)c[nH]c12. The van der Waals surface area contributed by atoms with Crippen LogP contribution in [0.1, 0.15) is 17.5 Å². The largest absolute Gasteiger partial charge is 0.481 e. The molecule has 96 valence electrons. The van der Waals surface area contributed by atoms with Gasteiger partial charge in [0.05, 0.1) is 15.8 Å². The number of carbonyl (C=O) groups is 1. The van der Waals surface area contributed by atoms with Crippen molar-refractivity contribution < 1.29 is 14.8 Å². The second kappa shape index (κ2) is 4.82. The fourth-order valence-corrected chi connectivity index (χ4v) is 2.01. The molecule has 1 aromatic heterocycles. The minimum atomic E-state index is -0.954. The zero-order chi connectivity index (χ0) is 14.0. The van der Waals surface area contributed by atoms with Crippen LogP contribution in [0.3, 0.4) is 0 Å². The number of aryl methyl sites for hydroxylation is 1. The Labute approximate surface area is 108 Å². The van der Waals surface area contributed by atoms with Crippen molar-refractivity contribution in [2.45, 2.75) is 12.8 Å². The molecule has 0 radical (unpaired) electrons. The summed E-state index contributed by atoms with van der Waals surface area (Å²) < 4.78 is 0. The monoisotopic (exact) mass is 258 g/mol. The standard InChI is InChI=1S/C13H10N2O4/c1-2-8-3-5-10(15(18)19)12-9(4-6-11(16)17)7-14-13(8)12/h1,3,5,7,14H,4,6H2,(H,16,17). The molecule has 0 spiro atoms. The first-order valence-corrected chi connectivity index (χ1v) is 5.50. The number of hydrogen-bond acceptors (Lipinski definition) is 3. The summed E-state index contributed by atoms with van der Waals surface area (Å²) in [6.45, 7) is 0. The minimum Gasteiger partial charge on any atom is -0.481 e. The molecule has 0 atom stereocenters. The Hall–Kier alpha value is -2.81. The molecule has 2 aromatic rings. The molecule has 1 heterocycles. The van der Waals surface area contributed by atoms with Crippen LogP contribution in [-0.4, -0.2) is 21.0 Å². The number of fused-ring (bicyclic) bond motifs is 1. The van der Waals surface area contributed by atoms with E-state index in [0.29, 0.717) is 22.0 Å². The molecule has 0 aliphatic rings. The lowest BCUT2D eigenvalue weighted by molar-refractivity contribution is -0.383. The van der Waals surface area contributed by atoms with Crippen LogP contribution in [0.25, 0.3) is 10.9 Å². The van der Waals surface area contributed by atoms with Crippen molar-refractivity contribution >= 4 is 22.6 Å². The predicted octanol–water partition coefficient (Wildman–Crippen LogP) is 2.07. The second-order valence-electron chi connectivity index (χ2n) is 3.99. The van der Waals surface area contributed by atoms with Crippen molar-refractivity contribution in [1.29, 1.82) is 0 Å². The second-order valence-corrected chi connectivity index (χ2v) is 3.99. The number of nitrogens with zero attached hydrogens (tertiary/aromatic N) is 1. The topological polar surface area (TPSA) is 96.2 Å². The van der Waals surface area contributed by atoms with Gasteiger partial charge in [0.1, 0.15) is 0 Å². The summed E-state index contributed by atoms with van der Waals surface area (Å²) in [5, 5.41) is 20.1. The predicted molar refractivity (Wildman–Crippen MR) is 68.8 cm³/mol. The van der Waals surface area contributed by atoms with Crippen LogP contribution in [0.5, 0.6) is 0 Å². The number of aromatic amines is 1. The Morgan fingerprint density at radius 2 is 2.26 bits per heavy atom. The highest BCUT2D eigenvalue weighted by Gasteiger charge is 2.19. The third kappa shape index (κ3) is 2.26. The highest BCUT2D eigenvalue weighted by molar-refractivity contribution is 5.95. The number of H-pyrrole nitrogens is 1. The lowest BCUT2D eigenvalue weighted by Gasteiger charge is -2.00. The zero-order valence-electron chi connectivity index (χ0n) is 9.84. The molecule has 0 saturated heterocycles. The highest BCUT2D eigenvalue weighted by atomic mass is 16.6. The molecule has 0 amide bonds. The normalized spacial score (nSPS) is 10.3. The summed E-state index contributed by atoms with van der Waals surface area (Å²) >= 11 is 0. The van der Waals surface area contributed by atoms with Crippen LogP contribution in [0, 0.1) is 22.5 Å². The van der Waals surface area contributed by atoms with E-state index in [4.69, 9.17) is 11.5 Å². The zero-order valence-corrected chi connectivity index (χ0v) is 9.84. The van der Waals surface area contributed by atoms with Gasteiger partial charge in [0, 0.05) is 24.2 Å². The maximum atomic E-state index is 11.0. The van der Waals surface area contributed by atoms with Gasteiger partial charge in [-0.1, -0.05) is 5.92 Å². The summed E-state index contributed by atoms with van der Waals surface area (Å²) in [5.41, 5.74) is 1.52. The van der Waals surface area contributed by atoms with Crippen molar-refractivity contribution in [1.82, 2.24) is 4.98 Å². The highest BCUT2D eigenvalue weighted by Crippen LogP contribution is 2.31. The molecule has 0 unspecified atom stereocenters. The van der Waals surface area contributed by atoms with Crippen molar-refractivity contribution in [2.24, 2.45) is 0 Å². The number of terminal acetylenes is 1. The summed E-state index contributed by atoms with van der Waals surface area (Å²) in [4.78, 5) is 24.0. The van der Waals surface area contributed by atoms with Crippen molar-refractivity contribution in [3.63, 3.8) is 0 Å². The van der Waals surface area contributed by atoms with E-state index in [-0.39, 0.29) is 18.5 Å². The van der Waals surface area contributed by atoms with Crippen molar-refractivity contribution in [2.75, 3.05) is 0 Å². The van der Waals surface area contributed by atoms with Crippen LogP contribution in [0.4, 0.5) is 5.69 Å². The first-order chi connectivity index (χ1) is 9.04. The van der Waals surface area contributed by atoms with Gasteiger partial charge < -0.3 is 10.1 Å². The van der Waals surface area contributed by atoms with Crippen LogP contribution in [0.2, 0.25) is 0 Å². The van der Waals surface area contributed by atoms with Crippen LogP contribution in [-0.2, 0) is 11.2 Å². The molecule has 19 heavy (non-hydrogen) atoms. The van der Waals surface area contributed by atoms with E-state index in [1.165, 1.54) is 12.1 Å². The van der Waals surface area contributed by atoms with Gasteiger partial charge in [-0.25, -0.2) is 0 Å². The van der Waals surface area contributed by atoms with Gasteiger partial charge in [-0.05, 0) is 18.1 Å². The Bertz CT molecular complexity index is 709. The van der Waals surface area contributed by atoms with E-state index >= 15 is 0 Å². The van der Waals surface area contributed by atoms with Gasteiger partial charge in [0.2, 0.25) is 0 Å². The average Bonchev–Trinajstić information content (AvgIpc) is 2.78.